The maximum Gasteiger partial charge on any atom is 0.264 e. The Balaban J connectivity index is 2.05. The standard InChI is InChI=1S/C28H32ClN3O5S/c1-5-26(28(34)30-3)31(18-21-8-6-7-20(2)17-21)27(33)19-32(23-11-9-22(29)10-12-23)38(35,36)25-15-13-24(37-4)14-16-25/h6-17,26H,5,18-19H2,1-4H3,(H,30,34)/t26-/m0/s1. The molecule has 0 heterocycles. The molecule has 0 aliphatic carbocycles. The van der Waals surface area contributed by atoms with Gasteiger partial charge in [-0.1, -0.05) is 48.4 Å². The van der Waals surface area contributed by atoms with Crippen molar-refractivity contribution in [2.45, 2.75) is 37.8 Å². The Morgan fingerprint density at radius 1 is 1.03 bits per heavy atom. The predicted molar refractivity (Wildman–Crippen MR) is 149 cm³/mol. The quantitative estimate of drug-likeness (QED) is 0.377. The SMILES string of the molecule is CC[C@@H](C(=O)NC)N(Cc1cccc(C)c1)C(=O)CN(c1ccc(Cl)cc1)S(=O)(=O)c1ccc(OC)cc1. The van der Waals surface area contributed by atoms with Crippen LogP contribution in [0.1, 0.15) is 24.5 Å². The number of hydrogen-bond donors (Lipinski definition) is 1. The second kappa shape index (κ2) is 12.8. The van der Waals surface area contributed by atoms with Crippen molar-refractivity contribution in [2.24, 2.45) is 0 Å². The molecule has 0 saturated heterocycles. The zero-order valence-electron chi connectivity index (χ0n) is 21.8. The number of aryl methyl sites for hydroxylation is 1. The molecule has 8 nitrogen and oxygen atoms in total. The number of nitrogens with zero attached hydrogens (tertiary/aromatic N) is 2. The van der Waals surface area contributed by atoms with E-state index < -0.39 is 28.5 Å². The number of carbonyl (C=O) groups excluding carboxylic acids is 2. The van der Waals surface area contributed by atoms with Gasteiger partial charge in [-0.25, -0.2) is 8.42 Å². The maximum atomic E-state index is 13.9. The minimum Gasteiger partial charge on any atom is -0.497 e. The zero-order chi connectivity index (χ0) is 27.9. The summed E-state index contributed by atoms with van der Waals surface area (Å²) < 4.78 is 33.8. The summed E-state index contributed by atoms with van der Waals surface area (Å²) in [6.45, 7) is 3.37. The number of likely N-dealkylation sites (N-methyl/N-ethyl adjacent to an activating group) is 1. The number of ether oxygens (including phenoxy) is 1. The highest BCUT2D eigenvalue weighted by molar-refractivity contribution is 7.92. The Hall–Kier alpha value is -3.56. The molecule has 0 saturated carbocycles. The van der Waals surface area contributed by atoms with Gasteiger partial charge < -0.3 is 15.0 Å². The van der Waals surface area contributed by atoms with Crippen LogP contribution in [0.15, 0.2) is 77.7 Å². The normalized spacial score (nSPS) is 11.9. The van der Waals surface area contributed by atoms with E-state index in [4.69, 9.17) is 16.3 Å². The highest BCUT2D eigenvalue weighted by Gasteiger charge is 2.33. The average Bonchev–Trinajstić information content (AvgIpc) is 2.91. The molecular formula is C28H32ClN3O5S. The summed E-state index contributed by atoms with van der Waals surface area (Å²) in [4.78, 5) is 28.1. The Labute approximate surface area is 229 Å². The molecule has 3 aromatic rings. The van der Waals surface area contributed by atoms with E-state index in [0.717, 1.165) is 15.4 Å². The van der Waals surface area contributed by atoms with Crippen LogP contribution in [-0.4, -0.2) is 51.9 Å². The van der Waals surface area contributed by atoms with Gasteiger partial charge in [0, 0.05) is 18.6 Å². The van der Waals surface area contributed by atoms with Gasteiger partial charge in [-0.15, -0.1) is 0 Å². The Bertz CT molecular complexity index is 1360. The van der Waals surface area contributed by atoms with Crippen molar-refractivity contribution in [2.75, 3.05) is 25.0 Å². The van der Waals surface area contributed by atoms with Gasteiger partial charge in [0.25, 0.3) is 10.0 Å². The molecule has 0 unspecified atom stereocenters. The van der Waals surface area contributed by atoms with Crippen LogP contribution in [-0.2, 0) is 26.2 Å². The Kier molecular flexibility index (Phi) is 9.77. The van der Waals surface area contributed by atoms with E-state index in [2.05, 4.69) is 5.32 Å². The molecule has 3 aromatic carbocycles. The molecule has 3 rings (SSSR count). The first-order chi connectivity index (χ1) is 18.1. The van der Waals surface area contributed by atoms with Crippen LogP contribution >= 0.6 is 11.6 Å². The van der Waals surface area contributed by atoms with Crippen LogP contribution in [0.4, 0.5) is 5.69 Å². The van der Waals surface area contributed by atoms with E-state index in [0.29, 0.717) is 17.2 Å². The molecule has 2 amide bonds. The van der Waals surface area contributed by atoms with Crippen molar-refractivity contribution in [1.82, 2.24) is 10.2 Å². The minimum atomic E-state index is -4.17. The number of hydrogen-bond acceptors (Lipinski definition) is 5. The topological polar surface area (TPSA) is 96.0 Å². The van der Waals surface area contributed by atoms with Crippen molar-refractivity contribution in [1.29, 1.82) is 0 Å². The summed E-state index contributed by atoms with van der Waals surface area (Å²) in [5, 5.41) is 3.04. The van der Waals surface area contributed by atoms with Crippen molar-refractivity contribution in [3.05, 3.63) is 88.9 Å². The van der Waals surface area contributed by atoms with E-state index in [1.807, 2.05) is 38.1 Å². The number of nitrogens with one attached hydrogen (secondary N) is 1. The monoisotopic (exact) mass is 557 g/mol. The lowest BCUT2D eigenvalue weighted by Gasteiger charge is -2.33. The van der Waals surface area contributed by atoms with Crippen LogP contribution in [0, 0.1) is 6.92 Å². The first kappa shape index (κ1) is 29.0. The second-order valence-electron chi connectivity index (χ2n) is 8.71. The van der Waals surface area contributed by atoms with Gasteiger partial charge in [0.05, 0.1) is 17.7 Å². The number of carbonyl (C=O) groups is 2. The number of benzene rings is 3. The van der Waals surface area contributed by atoms with Gasteiger partial charge in [-0.05, 0) is 67.4 Å². The zero-order valence-corrected chi connectivity index (χ0v) is 23.4. The summed E-state index contributed by atoms with van der Waals surface area (Å²) in [6.07, 6.45) is 0.351. The molecule has 1 N–H and O–H groups in total. The molecule has 0 radical (unpaired) electrons. The van der Waals surface area contributed by atoms with Crippen LogP contribution < -0.4 is 14.4 Å². The molecule has 38 heavy (non-hydrogen) atoms. The van der Waals surface area contributed by atoms with Crippen LogP contribution in [0.3, 0.4) is 0 Å². The second-order valence-corrected chi connectivity index (χ2v) is 11.0. The molecule has 0 aliphatic heterocycles. The number of halogens is 1. The predicted octanol–water partition coefficient (Wildman–Crippen LogP) is 4.41. The molecule has 10 heteroatoms. The molecule has 0 bridgehead atoms. The highest BCUT2D eigenvalue weighted by Crippen LogP contribution is 2.27. The molecule has 0 fully saturated rings. The number of sulfonamides is 1. The van der Waals surface area contributed by atoms with Gasteiger partial charge in [0.15, 0.2) is 0 Å². The fraction of sp³-hybridized carbons (Fsp3) is 0.286. The van der Waals surface area contributed by atoms with Crippen LogP contribution in [0.5, 0.6) is 5.75 Å². The van der Waals surface area contributed by atoms with E-state index in [-0.39, 0.29) is 23.0 Å². The molecule has 0 aromatic heterocycles. The smallest absolute Gasteiger partial charge is 0.264 e. The summed E-state index contributed by atoms with van der Waals surface area (Å²) in [5.74, 6) is -0.350. The van der Waals surface area contributed by atoms with E-state index >= 15 is 0 Å². The molecular weight excluding hydrogens is 526 g/mol. The third-order valence-corrected chi connectivity index (χ3v) is 8.15. The van der Waals surface area contributed by atoms with E-state index in [1.165, 1.54) is 55.5 Å². The van der Waals surface area contributed by atoms with Gasteiger partial charge in [0.1, 0.15) is 18.3 Å². The van der Waals surface area contributed by atoms with Crippen LogP contribution in [0.2, 0.25) is 5.02 Å². The number of anilines is 1. The maximum absolute atomic E-state index is 13.9. The van der Waals surface area contributed by atoms with Crippen molar-refractivity contribution in [3.8, 4) is 5.75 Å². The summed E-state index contributed by atoms with van der Waals surface area (Å²) in [5.41, 5.74) is 2.10. The van der Waals surface area contributed by atoms with Gasteiger partial charge in [-0.2, -0.15) is 0 Å². The number of amides is 2. The fourth-order valence-corrected chi connectivity index (χ4v) is 5.64. The highest BCUT2D eigenvalue weighted by atomic mass is 35.5. The van der Waals surface area contributed by atoms with Gasteiger partial charge >= 0.3 is 0 Å². The molecule has 1 atom stereocenters. The van der Waals surface area contributed by atoms with Crippen molar-refractivity contribution < 1.29 is 22.7 Å². The lowest BCUT2D eigenvalue weighted by Crippen LogP contribution is -2.51. The lowest BCUT2D eigenvalue weighted by molar-refractivity contribution is -0.140. The Morgan fingerprint density at radius 3 is 2.24 bits per heavy atom. The summed E-state index contributed by atoms with van der Waals surface area (Å²) in [6, 6.07) is 18.9. The average molecular weight is 558 g/mol. The van der Waals surface area contributed by atoms with Gasteiger partial charge in [0.2, 0.25) is 11.8 Å². The number of rotatable bonds is 11. The lowest BCUT2D eigenvalue weighted by atomic mass is 10.1. The third-order valence-electron chi connectivity index (χ3n) is 6.11. The molecule has 0 aliphatic rings. The third kappa shape index (κ3) is 6.85. The first-order valence-electron chi connectivity index (χ1n) is 12.1. The first-order valence-corrected chi connectivity index (χ1v) is 13.9. The fourth-order valence-electron chi connectivity index (χ4n) is 4.10. The van der Waals surface area contributed by atoms with Crippen molar-refractivity contribution >= 4 is 39.1 Å². The molecule has 202 valence electrons. The summed E-state index contributed by atoms with van der Waals surface area (Å²) >= 11 is 6.05. The largest absolute Gasteiger partial charge is 0.497 e. The van der Waals surface area contributed by atoms with Crippen LogP contribution in [0.25, 0.3) is 0 Å². The molecule has 0 spiro atoms. The van der Waals surface area contributed by atoms with Crippen molar-refractivity contribution in [3.63, 3.8) is 0 Å². The number of methoxy groups -OCH3 is 1. The summed E-state index contributed by atoms with van der Waals surface area (Å²) in [7, 11) is -1.18. The van der Waals surface area contributed by atoms with E-state index in [1.54, 1.807) is 12.1 Å². The minimum absolute atomic E-state index is 0.00960. The Morgan fingerprint density at radius 2 is 1.68 bits per heavy atom. The van der Waals surface area contributed by atoms with Gasteiger partial charge in [-0.3, -0.25) is 13.9 Å². The van der Waals surface area contributed by atoms with E-state index in [9.17, 15) is 18.0 Å².